The Balaban J connectivity index is 1.87. The van der Waals surface area contributed by atoms with Crippen LogP contribution in [0.1, 0.15) is 57.7 Å². The van der Waals surface area contributed by atoms with Crippen LogP contribution >= 0.6 is 0 Å². The Hall–Kier alpha value is -3.87. The fourth-order valence-electron chi connectivity index (χ4n) is 3.87. The molecule has 1 aliphatic heterocycles. The molecule has 1 aliphatic rings. The molecule has 0 spiro atoms. The van der Waals surface area contributed by atoms with E-state index in [1.165, 1.54) is 6.08 Å². The van der Waals surface area contributed by atoms with E-state index in [2.05, 4.69) is 10.6 Å². The van der Waals surface area contributed by atoms with Crippen molar-refractivity contribution in [1.29, 1.82) is 0 Å². The van der Waals surface area contributed by atoms with E-state index in [0.29, 0.717) is 29.1 Å². The van der Waals surface area contributed by atoms with Crippen LogP contribution in [-0.2, 0) is 14.3 Å². The zero-order valence-corrected chi connectivity index (χ0v) is 20.7. The average molecular weight is 476 g/mol. The summed E-state index contributed by atoms with van der Waals surface area (Å²) in [6.45, 7) is 7.92. The third-order valence-corrected chi connectivity index (χ3v) is 5.61. The lowest BCUT2D eigenvalue weighted by Gasteiger charge is -2.35. The molecule has 0 aromatic heterocycles. The molecule has 3 amide bonds. The second-order valence-electron chi connectivity index (χ2n) is 8.70. The maximum Gasteiger partial charge on any atom is 0.338 e. The molecule has 0 radical (unpaired) electrons. The Kier molecular flexibility index (Phi) is 8.84. The number of anilines is 1. The van der Waals surface area contributed by atoms with Crippen molar-refractivity contribution in [2.75, 3.05) is 11.9 Å². The number of unbranched alkanes of at least 4 members (excludes halogenated alkanes) is 1. The van der Waals surface area contributed by atoms with Crippen LogP contribution in [-0.4, -0.2) is 35.5 Å². The van der Waals surface area contributed by atoms with Gasteiger partial charge in [0.25, 0.3) is 0 Å². The van der Waals surface area contributed by atoms with Crippen molar-refractivity contribution >= 4 is 29.7 Å². The highest BCUT2D eigenvalue weighted by molar-refractivity contribution is 6.02. The van der Waals surface area contributed by atoms with Gasteiger partial charge in [0.05, 0.1) is 17.7 Å². The number of amides is 3. The van der Waals surface area contributed by atoms with Crippen LogP contribution in [0, 0.1) is 0 Å². The minimum absolute atomic E-state index is 0.262. The molecule has 2 N–H and O–H groups in total. The predicted molar refractivity (Wildman–Crippen MR) is 137 cm³/mol. The molecule has 7 heteroatoms. The van der Waals surface area contributed by atoms with Gasteiger partial charge in [0.2, 0.25) is 5.91 Å². The van der Waals surface area contributed by atoms with Gasteiger partial charge in [-0.2, -0.15) is 0 Å². The second kappa shape index (κ2) is 12.0. The van der Waals surface area contributed by atoms with E-state index in [4.69, 9.17) is 4.74 Å². The van der Waals surface area contributed by atoms with Crippen LogP contribution in [0.5, 0.6) is 0 Å². The Labute approximate surface area is 206 Å². The number of ether oxygens (including phenoxy) is 1. The lowest BCUT2D eigenvalue weighted by atomic mass is 9.94. The summed E-state index contributed by atoms with van der Waals surface area (Å²) in [5.41, 5.74) is 3.12. The number of allylic oxidation sites excluding steroid dienone is 1. The standard InChI is InChI=1S/C28H33N3O4/c1-5-6-17-31-20(4)25(27(33)35-19(2)3)26(30-28(31)34)22-13-10-14-23(18-22)29-24(32)16-15-21-11-8-7-9-12-21/h7-16,18-19,26H,5-6,17H2,1-4H3,(H,29,32)(H,30,34)/b16-15+. The van der Waals surface area contributed by atoms with Crippen LogP contribution < -0.4 is 10.6 Å². The highest BCUT2D eigenvalue weighted by Gasteiger charge is 2.36. The van der Waals surface area contributed by atoms with Crippen LogP contribution in [0.15, 0.2) is 71.9 Å². The van der Waals surface area contributed by atoms with Gasteiger partial charge < -0.3 is 15.4 Å². The number of nitrogens with one attached hydrogen (secondary N) is 2. The largest absolute Gasteiger partial charge is 0.459 e. The topological polar surface area (TPSA) is 87.7 Å². The second-order valence-corrected chi connectivity index (χ2v) is 8.70. The molecule has 35 heavy (non-hydrogen) atoms. The van der Waals surface area contributed by atoms with Crippen molar-refractivity contribution in [3.63, 3.8) is 0 Å². The SMILES string of the molecule is CCCCN1C(=O)NC(c2cccc(NC(=O)/C=C/c3ccccc3)c2)C(C(=O)OC(C)C)=C1C. The number of esters is 1. The molecule has 184 valence electrons. The molecule has 0 fully saturated rings. The van der Waals surface area contributed by atoms with E-state index in [0.717, 1.165) is 18.4 Å². The molecule has 7 nitrogen and oxygen atoms in total. The first kappa shape index (κ1) is 25.7. The minimum Gasteiger partial charge on any atom is -0.459 e. The first-order valence-electron chi connectivity index (χ1n) is 11.9. The first-order chi connectivity index (χ1) is 16.8. The number of benzene rings is 2. The van der Waals surface area contributed by atoms with E-state index >= 15 is 0 Å². The molecule has 0 aliphatic carbocycles. The zero-order chi connectivity index (χ0) is 25.4. The maximum atomic E-state index is 13.1. The van der Waals surface area contributed by atoms with Gasteiger partial charge in [-0.25, -0.2) is 9.59 Å². The molecule has 2 aromatic rings. The summed E-state index contributed by atoms with van der Waals surface area (Å²) in [5.74, 6) is -0.750. The number of hydrogen-bond donors (Lipinski definition) is 2. The lowest BCUT2D eigenvalue weighted by molar-refractivity contribution is -0.143. The van der Waals surface area contributed by atoms with E-state index in [1.807, 2.05) is 43.3 Å². The van der Waals surface area contributed by atoms with Crippen LogP contribution in [0.25, 0.3) is 6.08 Å². The molecular formula is C28H33N3O4. The van der Waals surface area contributed by atoms with Crippen LogP contribution in [0.3, 0.4) is 0 Å². The summed E-state index contributed by atoms with van der Waals surface area (Å²) in [4.78, 5) is 40.0. The molecule has 1 unspecified atom stereocenters. The summed E-state index contributed by atoms with van der Waals surface area (Å²) in [7, 11) is 0. The molecular weight excluding hydrogens is 442 g/mol. The van der Waals surface area contributed by atoms with Gasteiger partial charge in [-0.15, -0.1) is 0 Å². The number of hydrogen-bond acceptors (Lipinski definition) is 4. The molecule has 0 saturated heterocycles. The van der Waals surface area contributed by atoms with Crippen LogP contribution in [0.2, 0.25) is 0 Å². The van der Waals surface area contributed by atoms with Crippen LogP contribution in [0.4, 0.5) is 10.5 Å². The molecule has 1 atom stereocenters. The smallest absolute Gasteiger partial charge is 0.338 e. The normalized spacial score (nSPS) is 16.0. The van der Waals surface area contributed by atoms with Gasteiger partial charge in [-0.1, -0.05) is 55.8 Å². The van der Waals surface area contributed by atoms with Crippen molar-refractivity contribution < 1.29 is 19.1 Å². The lowest BCUT2D eigenvalue weighted by Crippen LogP contribution is -2.48. The zero-order valence-electron chi connectivity index (χ0n) is 20.7. The first-order valence-corrected chi connectivity index (χ1v) is 11.9. The summed E-state index contributed by atoms with van der Waals surface area (Å²) in [6.07, 6.45) is 4.64. The summed E-state index contributed by atoms with van der Waals surface area (Å²) in [6, 6.07) is 15.7. The quantitative estimate of drug-likeness (QED) is 0.374. The minimum atomic E-state index is -0.691. The van der Waals surface area contributed by atoms with E-state index in [-0.39, 0.29) is 18.0 Å². The van der Waals surface area contributed by atoms with Crippen molar-refractivity contribution in [3.8, 4) is 0 Å². The van der Waals surface area contributed by atoms with E-state index in [1.54, 1.807) is 49.9 Å². The summed E-state index contributed by atoms with van der Waals surface area (Å²) < 4.78 is 5.52. The number of urea groups is 1. The van der Waals surface area contributed by atoms with Gasteiger partial charge in [0.15, 0.2) is 0 Å². The number of carbonyl (C=O) groups is 3. The average Bonchev–Trinajstić information content (AvgIpc) is 2.82. The van der Waals surface area contributed by atoms with Gasteiger partial charge in [-0.3, -0.25) is 9.69 Å². The van der Waals surface area contributed by atoms with Crippen molar-refractivity contribution in [1.82, 2.24) is 10.2 Å². The number of nitrogens with zero attached hydrogens (tertiary/aromatic N) is 1. The van der Waals surface area contributed by atoms with Crippen molar-refractivity contribution in [2.24, 2.45) is 0 Å². The Morgan fingerprint density at radius 3 is 2.57 bits per heavy atom. The van der Waals surface area contributed by atoms with E-state index < -0.39 is 12.0 Å². The van der Waals surface area contributed by atoms with Crippen molar-refractivity contribution in [3.05, 3.63) is 83.1 Å². The third-order valence-electron chi connectivity index (χ3n) is 5.61. The van der Waals surface area contributed by atoms with Gasteiger partial charge >= 0.3 is 12.0 Å². The fourth-order valence-corrected chi connectivity index (χ4v) is 3.87. The number of rotatable bonds is 9. The molecule has 3 rings (SSSR count). The Bertz CT molecular complexity index is 1120. The molecule has 2 aromatic carbocycles. The molecule has 0 bridgehead atoms. The fraction of sp³-hybridized carbons (Fsp3) is 0.321. The highest BCUT2D eigenvalue weighted by Crippen LogP contribution is 2.33. The molecule has 0 saturated carbocycles. The van der Waals surface area contributed by atoms with Gasteiger partial charge in [0, 0.05) is 24.0 Å². The van der Waals surface area contributed by atoms with Gasteiger partial charge in [-0.05, 0) is 56.5 Å². The summed E-state index contributed by atoms with van der Waals surface area (Å²) >= 11 is 0. The highest BCUT2D eigenvalue weighted by atomic mass is 16.5. The summed E-state index contributed by atoms with van der Waals surface area (Å²) in [5, 5.41) is 5.80. The Morgan fingerprint density at radius 1 is 1.14 bits per heavy atom. The monoisotopic (exact) mass is 475 g/mol. The Morgan fingerprint density at radius 2 is 1.89 bits per heavy atom. The van der Waals surface area contributed by atoms with E-state index in [9.17, 15) is 14.4 Å². The van der Waals surface area contributed by atoms with Gasteiger partial charge in [0.1, 0.15) is 0 Å². The predicted octanol–water partition coefficient (Wildman–Crippen LogP) is 5.43. The molecule has 1 heterocycles. The maximum absolute atomic E-state index is 13.1. The van der Waals surface area contributed by atoms with Crippen molar-refractivity contribution in [2.45, 2.75) is 52.7 Å². The number of carbonyl (C=O) groups excluding carboxylic acids is 3. The third kappa shape index (κ3) is 6.82.